The van der Waals surface area contributed by atoms with Crippen LogP contribution in [0.2, 0.25) is 0 Å². The van der Waals surface area contributed by atoms with Gasteiger partial charge >= 0.3 is 11.9 Å². The molecule has 0 bridgehead atoms. The Kier molecular flexibility index (Phi) is 6.50. The van der Waals surface area contributed by atoms with Crippen LogP contribution in [0, 0.1) is 28.6 Å². The predicted octanol–water partition coefficient (Wildman–Crippen LogP) is 5.44. The minimum Gasteiger partial charge on any atom is -0.458 e. The maximum atomic E-state index is 14.0. The van der Waals surface area contributed by atoms with Gasteiger partial charge in [0.05, 0.1) is 16.5 Å². The maximum Gasteiger partial charge on any atom is 0.375 e. The van der Waals surface area contributed by atoms with E-state index < -0.39 is 56.9 Å². The van der Waals surface area contributed by atoms with Crippen molar-refractivity contribution >= 4 is 46.7 Å². The van der Waals surface area contributed by atoms with E-state index in [1.807, 2.05) is 26.8 Å². The van der Waals surface area contributed by atoms with Gasteiger partial charge in [0, 0.05) is 23.7 Å². The van der Waals surface area contributed by atoms with Crippen molar-refractivity contribution in [2.24, 2.45) is 28.6 Å². The number of furan rings is 1. The quantitative estimate of drug-likeness (QED) is 0.348. The molecule has 4 aliphatic rings. The molecule has 0 spiro atoms. The molecular formula is C29H32Cl2O7. The van der Waals surface area contributed by atoms with E-state index in [1.165, 1.54) is 19.3 Å². The topological polar surface area (TPSA) is 99.9 Å². The van der Waals surface area contributed by atoms with E-state index in [1.54, 1.807) is 18.2 Å². The van der Waals surface area contributed by atoms with E-state index in [9.17, 15) is 19.2 Å². The third kappa shape index (κ3) is 3.53. The second-order valence-electron chi connectivity index (χ2n) is 11.7. The number of rotatable bonds is 5. The lowest BCUT2D eigenvalue weighted by atomic mass is 9.46. The lowest BCUT2D eigenvalue weighted by molar-refractivity contribution is -0.173. The summed E-state index contributed by atoms with van der Waals surface area (Å²) >= 11 is 14.9. The summed E-state index contributed by atoms with van der Waals surface area (Å²) in [5.74, 6) is -2.59. The van der Waals surface area contributed by atoms with Crippen LogP contribution in [-0.4, -0.2) is 46.0 Å². The number of hydrogen-bond donors (Lipinski definition) is 0. The van der Waals surface area contributed by atoms with Crippen LogP contribution in [0.1, 0.15) is 63.9 Å². The molecule has 5 rings (SSSR count). The summed E-state index contributed by atoms with van der Waals surface area (Å²) in [6.45, 7) is 6.58. The maximum absolute atomic E-state index is 14.0. The van der Waals surface area contributed by atoms with Crippen LogP contribution < -0.4 is 0 Å². The van der Waals surface area contributed by atoms with Gasteiger partial charge in [-0.15, -0.1) is 23.2 Å². The number of halogens is 2. The number of ether oxygens (including phenoxy) is 2. The standard InChI is InChI=1S/C29H32Cl2O7/c1-16-12-21-20-8-7-18-13-19(33)9-10-26(18,3)28(20,31)23(30)14-27(21,4)29(16,24(34)15-37-17(2)32)38-25(35)22-6-5-11-36-22/h5-6,9-11,13,16,20-21,23H,7-8,12,14-15H2,1-4H3/t16-,20?,21?,23?,26+,27+,28+,29+/m1/s1. The van der Waals surface area contributed by atoms with Crippen molar-refractivity contribution in [1.29, 1.82) is 0 Å². The Morgan fingerprint density at radius 1 is 1.21 bits per heavy atom. The number of allylic oxidation sites excluding steroid dienone is 4. The zero-order valence-corrected chi connectivity index (χ0v) is 23.4. The number of esters is 2. The van der Waals surface area contributed by atoms with Gasteiger partial charge in [0.25, 0.3) is 0 Å². The van der Waals surface area contributed by atoms with Crippen molar-refractivity contribution in [3.63, 3.8) is 0 Å². The molecule has 1 heterocycles. The fourth-order valence-corrected chi connectivity index (χ4v) is 9.43. The number of carbonyl (C=O) groups excluding carboxylic acids is 4. The number of alkyl halides is 2. The largest absolute Gasteiger partial charge is 0.458 e. The van der Waals surface area contributed by atoms with Gasteiger partial charge in [0.2, 0.25) is 11.5 Å². The monoisotopic (exact) mass is 562 g/mol. The molecule has 0 saturated heterocycles. The van der Waals surface area contributed by atoms with E-state index >= 15 is 0 Å². The second-order valence-corrected chi connectivity index (χ2v) is 12.8. The summed E-state index contributed by atoms with van der Waals surface area (Å²) in [7, 11) is 0. The molecule has 0 aliphatic heterocycles. The van der Waals surface area contributed by atoms with Crippen LogP contribution in [0.3, 0.4) is 0 Å². The average molecular weight is 563 g/mol. The van der Waals surface area contributed by atoms with Crippen molar-refractivity contribution in [1.82, 2.24) is 0 Å². The number of Topliss-reactive ketones (excluding diaryl/α,β-unsaturated/α-hetero) is 1. The van der Waals surface area contributed by atoms with Gasteiger partial charge in [-0.1, -0.05) is 32.4 Å². The van der Waals surface area contributed by atoms with Crippen LogP contribution in [0.5, 0.6) is 0 Å². The molecule has 1 aromatic heterocycles. The zero-order chi connectivity index (χ0) is 27.7. The third-order valence-electron chi connectivity index (χ3n) is 9.93. The average Bonchev–Trinajstić information content (AvgIpc) is 3.46. The third-order valence-corrected chi connectivity index (χ3v) is 11.5. The second kappa shape index (κ2) is 9.09. The fraction of sp³-hybridized carbons (Fsp3) is 0.586. The first kappa shape index (κ1) is 27.2. The molecule has 4 aliphatic carbocycles. The Balaban J connectivity index is 1.61. The lowest BCUT2D eigenvalue weighted by Crippen LogP contribution is -2.68. The molecule has 8 atom stereocenters. The van der Waals surface area contributed by atoms with Crippen LogP contribution in [-0.2, 0) is 23.9 Å². The zero-order valence-electron chi connectivity index (χ0n) is 21.9. The summed E-state index contributed by atoms with van der Waals surface area (Å²) in [6.07, 6.45) is 8.69. The van der Waals surface area contributed by atoms with Gasteiger partial charge in [-0.2, -0.15) is 0 Å². The number of fused-ring (bicyclic) bond motifs is 5. The Morgan fingerprint density at radius 2 is 1.95 bits per heavy atom. The summed E-state index contributed by atoms with van der Waals surface area (Å²) in [6, 6.07) is 3.05. The SMILES string of the molecule is CC(=O)OCC(=O)[C@@]1(OC(=O)c2ccco2)[C@H](C)CC2C3CCC4=CC(=O)C=C[C@]4(C)[C@@]3(Cl)C(Cl)C[C@@]21C. The van der Waals surface area contributed by atoms with E-state index in [0.29, 0.717) is 19.3 Å². The highest BCUT2D eigenvalue weighted by molar-refractivity contribution is 6.34. The van der Waals surface area contributed by atoms with Gasteiger partial charge in [-0.3, -0.25) is 14.4 Å². The molecular weight excluding hydrogens is 531 g/mol. The first-order valence-corrected chi connectivity index (χ1v) is 13.8. The summed E-state index contributed by atoms with van der Waals surface area (Å²) in [4.78, 5) is 50.2. The normalized spacial score (nSPS) is 41.4. The molecule has 3 saturated carbocycles. The molecule has 204 valence electrons. The fourth-order valence-electron chi connectivity index (χ4n) is 8.20. The highest BCUT2D eigenvalue weighted by atomic mass is 35.5. The molecule has 9 heteroatoms. The highest BCUT2D eigenvalue weighted by Gasteiger charge is 2.76. The Labute approximate surface area is 231 Å². The van der Waals surface area contributed by atoms with Gasteiger partial charge < -0.3 is 13.9 Å². The van der Waals surface area contributed by atoms with Crippen molar-refractivity contribution in [3.05, 3.63) is 48.0 Å². The van der Waals surface area contributed by atoms with Gasteiger partial charge in [0.15, 0.2) is 18.0 Å². The molecule has 3 fully saturated rings. The van der Waals surface area contributed by atoms with Crippen LogP contribution >= 0.6 is 23.2 Å². The Morgan fingerprint density at radius 3 is 2.61 bits per heavy atom. The molecule has 1 aromatic rings. The van der Waals surface area contributed by atoms with Gasteiger partial charge in [0.1, 0.15) is 0 Å². The van der Waals surface area contributed by atoms with E-state index in [2.05, 4.69) is 0 Å². The Hall–Kier alpha value is -2.38. The van der Waals surface area contributed by atoms with Gasteiger partial charge in [-0.25, -0.2) is 4.79 Å². The lowest BCUT2D eigenvalue weighted by Gasteiger charge is -2.64. The van der Waals surface area contributed by atoms with E-state index in [-0.39, 0.29) is 29.8 Å². The minimum atomic E-state index is -1.61. The first-order chi connectivity index (χ1) is 17.8. The number of carbonyl (C=O) groups is 4. The van der Waals surface area contributed by atoms with E-state index in [4.69, 9.17) is 37.1 Å². The Bertz CT molecular complexity index is 1250. The smallest absolute Gasteiger partial charge is 0.375 e. The summed E-state index contributed by atoms with van der Waals surface area (Å²) in [5, 5.41) is -0.615. The van der Waals surface area contributed by atoms with Crippen LogP contribution in [0.15, 0.2) is 46.6 Å². The van der Waals surface area contributed by atoms with Crippen molar-refractivity contribution < 1.29 is 33.1 Å². The van der Waals surface area contributed by atoms with Crippen molar-refractivity contribution in [3.8, 4) is 0 Å². The van der Waals surface area contributed by atoms with Crippen LogP contribution in [0.4, 0.5) is 0 Å². The van der Waals surface area contributed by atoms with Crippen LogP contribution in [0.25, 0.3) is 0 Å². The summed E-state index contributed by atoms with van der Waals surface area (Å²) in [5.41, 5.74) is -2.18. The first-order valence-electron chi connectivity index (χ1n) is 13.0. The van der Waals surface area contributed by atoms with Gasteiger partial charge in [-0.05, 0) is 61.8 Å². The molecule has 0 N–H and O–H groups in total. The van der Waals surface area contributed by atoms with Crippen molar-refractivity contribution in [2.75, 3.05) is 6.61 Å². The van der Waals surface area contributed by atoms with Crippen molar-refractivity contribution in [2.45, 2.75) is 69.2 Å². The predicted molar refractivity (Wildman–Crippen MR) is 140 cm³/mol. The highest BCUT2D eigenvalue weighted by Crippen LogP contribution is 2.73. The number of hydrogen-bond acceptors (Lipinski definition) is 7. The summed E-state index contributed by atoms with van der Waals surface area (Å²) < 4.78 is 16.6. The number of ketones is 2. The molecule has 0 radical (unpaired) electrons. The molecule has 0 amide bonds. The minimum absolute atomic E-state index is 0.0224. The molecule has 0 aromatic carbocycles. The molecule has 38 heavy (non-hydrogen) atoms. The molecule has 3 unspecified atom stereocenters. The van der Waals surface area contributed by atoms with E-state index in [0.717, 1.165) is 5.57 Å². The molecule has 7 nitrogen and oxygen atoms in total.